The number of nitrogens with one attached hydrogen (secondary N) is 1. The number of H-pyrrole nitrogens is 1. The summed E-state index contributed by atoms with van der Waals surface area (Å²) in [6, 6.07) is 16.2. The summed E-state index contributed by atoms with van der Waals surface area (Å²) in [7, 11) is 0. The molecule has 0 fully saturated rings. The molecule has 1 heterocycles. The number of rotatable bonds is 4. The average Bonchev–Trinajstić information content (AvgIpc) is 3.15. The highest BCUT2D eigenvalue weighted by Crippen LogP contribution is 2.34. The molecule has 4 aromatic rings. The number of aromatic nitrogens is 2. The van der Waals surface area contributed by atoms with Gasteiger partial charge in [0.1, 0.15) is 11.5 Å². The topological polar surface area (TPSA) is 150 Å². The number of carbonyl (C=O) groups is 1. The highest BCUT2D eigenvalue weighted by molar-refractivity contribution is 6.35. The van der Waals surface area contributed by atoms with Gasteiger partial charge >= 0.3 is 0 Å². The van der Waals surface area contributed by atoms with Gasteiger partial charge in [-0.2, -0.15) is 0 Å². The van der Waals surface area contributed by atoms with Crippen LogP contribution in [0.1, 0.15) is 5.56 Å². The standard InChI is InChI=1S/C22H18Cl2N6O/c23-12-6-11(7-13(24)9-12)22-29-16-5-4-10(8-17(16)30-22)14-2-1-3-15(18(14)25)19(26)20(27)21(28)31/h1-9H,25-27H2,(H2,28,31)(H,29,30)/b20-19+. The third-order valence-electron chi connectivity index (χ3n) is 4.88. The molecule has 0 atom stereocenters. The lowest BCUT2D eigenvalue weighted by molar-refractivity contribution is -0.114. The zero-order valence-electron chi connectivity index (χ0n) is 16.1. The van der Waals surface area contributed by atoms with Gasteiger partial charge in [-0.15, -0.1) is 0 Å². The Hall–Kier alpha value is -3.68. The number of imidazole rings is 1. The van der Waals surface area contributed by atoms with E-state index in [1.807, 2.05) is 24.3 Å². The van der Waals surface area contributed by atoms with Crippen molar-refractivity contribution in [2.75, 3.05) is 5.73 Å². The number of aromatic amines is 1. The molecule has 0 aliphatic carbocycles. The number of amides is 1. The van der Waals surface area contributed by atoms with E-state index in [-0.39, 0.29) is 11.4 Å². The van der Waals surface area contributed by atoms with E-state index in [2.05, 4.69) is 9.97 Å². The molecule has 0 aliphatic rings. The number of benzene rings is 3. The van der Waals surface area contributed by atoms with Crippen molar-refractivity contribution in [1.29, 1.82) is 0 Å². The third kappa shape index (κ3) is 3.88. The van der Waals surface area contributed by atoms with Crippen LogP contribution in [0.3, 0.4) is 0 Å². The molecule has 9 heteroatoms. The number of para-hydroxylation sites is 1. The number of nitrogens with zero attached hydrogens (tertiary/aromatic N) is 1. The van der Waals surface area contributed by atoms with E-state index >= 15 is 0 Å². The first-order chi connectivity index (χ1) is 14.7. The first-order valence-electron chi connectivity index (χ1n) is 9.15. The Kier molecular flexibility index (Phi) is 5.22. The van der Waals surface area contributed by atoms with Crippen molar-refractivity contribution in [1.82, 2.24) is 9.97 Å². The Morgan fingerprint density at radius 2 is 1.61 bits per heavy atom. The molecule has 0 unspecified atom stereocenters. The average molecular weight is 453 g/mol. The van der Waals surface area contributed by atoms with Crippen LogP contribution in [0.15, 0.2) is 60.3 Å². The van der Waals surface area contributed by atoms with Crippen LogP contribution in [-0.2, 0) is 4.79 Å². The van der Waals surface area contributed by atoms with E-state index in [0.717, 1.165) is 27.7 Å². The number of primary amides is 1. The second-order valence-corrected chi connectivity index (χ2v) is 7.81. The Bertz CT molecular complexity index is 1360. The van der Waals surface area contributed by atoms with Gasteiger partial charge in [0, 0.05) is 32.4 Å². The molecule has 0 radical (unpaired) electrons. The fourth-order valence-electron chi connectivity index (χ4n) is 3.33. The van der Waals surface area contributed by atoms with Crippen LogP contribution in [0.4, 0.5) is 5.69 Å². The maximum absolute atomic E-state index is 11.4. The molecule has 9 N–H and O–H groups in total. The number of fused-ring (bicyclic) bond motifs is 1. The van der Waals surface area contributed by atoms with Gasteiger partial charge in [-0.05, 0) is 35.9 Å². The third-order valence-corrected chi connectivity index (χ3v) is 5.32. The first kappa shape index (κ1) is 20.6. The summed E-state index contributed by atoms with van der Waals surface area (Å²) in [5.41, 5.74) is 27.8. The molecule has 0 saturated heterocycles. The van der Waals surface area contributed by atoms with E-state index in [1.165, 1.54) is 0 Å². The van der Waals surface area contributed by atoms with Crippen LogP contribution in [0.5, 0.6) is 0 Å². The number of anilines is 1. The number of carbonyl (C=O) groups excluding carboxylic acids is 1. The summed E-state index contributed by atoms with van der Waals surface area (Å²) in [5.74, 6) is -0.172. The van der Waals surface area contributed by atoms with Gasteiger partial charge in [0.25, 0.3) is 5.91 Å². The van der Waals surface area contributed by atoms with Crippen molar-refractivity contribution in [2.24, 2.45) is 17.2 Å². The summed E-state index contributed by atoms with van der Waals surface area (Å²) in [5, 5.41) is 1.04. The van der Waals surface area contributed by atoms with E-state index < -0.39 is 5.91 Å². The molecule has 31 heavy (non-hydrogen) atoms. The fourth-order valence-corrected chi connectivity index (χ4v) is 3.86. The fraction of sp³-hybridized carbons (Fsp3) is 0. The summed E-state index contributed by atoms with van der Waals surface area (Å²) in [6.45, 7) is 0. The van der Waals surface area contributed by atoms with Gasteiger partial charge in [0.15, 0.2) is 0 Å². The lowest BCUT2D eigenvalue weighted by atomic mass is 9.98. The number of nitrogen functional groups attached to an aromatic ring is 1. The van der Waals surface area contributed by atoms with Crippen LogP contribution >= 0.6 is 23.2 Å². The quantitative estimate of drug-likeness (QED) is 0.235. The van der Waals surface area contributed by atoms with Crippen molar-refractivity contribution >= 4 is 51.5 Å². The number of hydrogen-bond donors (Lipinski definition) is 5. The zero-order chi connectivity index (χ0) is 22.3. The summed E-state index contributed by atoms with van der Waals surface area (Å²) < 4.78 is 0. The van der Waals surface area contributed by atoms with Crippen molar-refractivity contribution in [2.45, 2.75) is 0 Å². The van der Waals surface area contributed by atoms with E-state index in [0.29, 0.717) is 27.1 Å². The smallest absolute Gasteiger partial charge is 0.266 e. The largest absolute Gasteiger partial charge is 0.398 e. The minimum Gasteiger partial charge on any atom is -0.398 e. The maximum atomic E-state index is 11.4. The predicted molar refractivity (Wildman–Crippen MR) is 126 cm³/mol. The molecule has 1 amide bonds. The Balaban J connectivity index is 1.80. The van der Waals surface area contributed by atoms with Crippen molar-refractivity contribution in [3.8, 4) is 22.5 Å². The lowest BCUT2D eigenvalue weighted by Gasteiger charge is -2.13. The van der Waals surface area contributed by atoms with Crippen LogP contribution in [0.25, 0.3) is 39.2 Å². The minimum atomic E-state index is -0.810. The second kappa shape index (κ2) is 7.86. The Labute approximate surface area is 187 Å². The molecule has 1 aromatic heterocycles. The van der Waals surface area contributed by atoms with Gasteiger partial charge in [0.2, 0.25) is 0 Å². The molecule has 7 nitrogen and oxygen atoms in total. The van der Waals surface area contributed by atoms with Gasteiger partial charge in [-0.3, -0.25) is 4.79 Å². The summed E-state index contributed by atoms with van der Waals surface area (Å²) in [6.07, 6.45) is 0. The van der Waals surface area contributed by atoms with Crippen molar-refractivity contribution in [3.05, 3.63) is 75.9 Å². The predicted octanol–water partition coefficient (Wildman–Crippen LogP) is 3.86. The van der Waals surface area contributed by atoms with Gasteiger partial charge in [-0.25, -0.2) is 4.98 Å². The molecule has 0 saturated carbocycles. The molecule has 3 aromatic carbocycles. The summed E-state index contributed by atoms with van der Waals surface area (Å²) >= 11 is 12.2. The Morgan fingerprint density at radius 1 is 0.903 bits per heavy atom. The Morgan fingerprint density at radius 3 is 2.29 bits per heavy atom. The zero-order valence-corrected chi connectivity index (χ0v) is 17.6. The van der Waals surface area contributed by atoms with Crippen LogP contribution in [0, 0.1) is 0 Å². The van der Waals surface area contributed by atoms with Crippen LogP contribution in [-0.4, -0.2) is 15.9 Å². The van der Waals surface area contributed by atoms with Gasteiger partial charge in [-0.1, -0.05) is 47.5 Å². The van der Waals surface area contributed by atoms with E-state index in [9.17, 15) is 4.79 Å². The number of halogens is 2. The maximum Gasteiger partial charge on any atom is 0.266 e. The molecule has 0 aliphatic heterocycles. The summed E-state index contributed by atoms with van der Waals surface area (Å²) in [4.78, 5) is 19.3. The highest BCUT2D eigenvalue weighted by atomic mass is 35.5. The van der Waals surface area contributed by atoms with Crippen LogP contribution in [0.2, 0.25) is 10.0 Å². The van der Waals surface area contributed by atoms with Gasteiger partial charge in [0.05, 0.1) is 16.7 Å². The number of nitrogens with two attached hydrogens (primary N) is 4. The van der Waals surface area contributed by atoms with Crippen LogP contribution < -0.4 is 22.9 Å². The van der Waals surface area contributed by atoms with Gasteiger partial charge < -0.3 is 27.9 Å². The normalized spacial score (nSPS) is 12.1. The van der Waals surface area contributed by atoms with E-state index in [4.69, 9.17) is 46.1 Å². The molecule has 0 bridgehead atoms. The SMILES string of the molecule is NC(=O)/C(N)=C(\N)c1cccc(-c2ccc3nc(-c4cc(Cl)cc(Cl)c4)[nH]c3c2)c1N. The van der Waals surface area contributed by atoms with E-state index in [1.54, 1.807) is 30.3 Å². The monoisotopic (exact) mass is 452 g/mol. The first-order valence-corrected chi connectivity index (χ1v) is 9.90. The molecule has 0 spiro atoms. The lowest BCUT2D eigenvalue weighted by Crippen LogP contribution is -2.24. The molecule has 4 rings (SSSR count). The molecule has 156 valence electrons. The number of hydrogen-bond acceptors (Lipinski definition) is 5. The van der Waals surface area contributed by atoms with Crippen molar-refractivity contribution in [3.63, 3.8) is 0 Å². The highest BCUT2D eigenvalue weighted by Gasteiger charge is 2.15. The molecular weight excluding hydrogens is 435 g/mol. The second-order valence-electron chi connectivity index (χ2n) is 6.93. The minimum absolute atomic E-state index is 0.0367. The molecular formula is C22H18Cl2N6O. The van der Waals surface area contributed by atoms with Crippen molar-refractivity contribution < 1.29 is 4.79 Å².